The van der Waals surface area contributed by atoms with Gasteiger partial charge in [0.05, 0.1) is 5.57 Å². The SMILES string of the molecule is COCC1CCN(c2ccc(N/C=C3\C(=O)NC(=O)c4ccc(C)cc43)cc2)CC1. The minimum Gasteiger partial charge on any atom is -0.384 e. The lowest BCUT2D eigenvalue weighted by Crippen LogP contribution is -2.36. The fourth-order valence-corrected chi connectivity index (χ4v) is 4.10. The van der Waals surface area contributed by atoms with Gasteiger partial charge in [0, 0.05) is 55.5 Å². The van der Waals surface area contributed by atoms with Crippen LogP contribution in [0.5, 0.6) is 0 Å². The van der Waals surface area contributed by atoms with Gasteiger partial charge in [-0.15, -0.1) is 0 Å². The van der Waals surface area contributed by atoms with Crippen LogP contribution in [0.1, 0.15) is 34.3 Å². The summed E-state index contributed by atoms with van der Waals surface area (Å²) in [5.41, 5.74) is 4.72. The average molecular weight is 405 g/mol. The molecule has 30 heavy (non-hydrogen) atoms. The Hall–Kier alpha value is -3.12. The fourth-order valence-electron chi connectivity index (χ4n) is 4.10. The number of piperidine rings is 1. The van der Waals surface area contributed by atoms with Crippen LogP contribution in [0.3, 0.4) is 0 Å². The van der Waals surface area contributed by atoms with Crippen molar-refractivity contribution in [1.29, 1.82) is 0 Å². The van der Waals surface area contributed by atoms with Gasteiger partial charge in [0.2, 0.25) is 0 Å². The third kappa shape index (κ3) is 4.24. The molecule has 2 aliphatic heterocycles. The molecule has 6 nitrogen and oxygen atoms in total. The molecule has 0 unspecified atom stereocenters. The number of fused-ring (bicyclic) bond motifs is 1. The Morgan fingerprint density at radius 3 is 2.50 bits per heavy atom. The van der Waals surface area contributed by atoms with Crippen molar-refractivity contribution in [1.82, 2.24) is 5.32 Å². The monoisotopic (exact) mass is 405 g/mol. The fraction of sp³-hybridized carbons (Fsp3) is 0.333. The number of carbonyl (C=O) groups is 2. The minimum atomic E-state index is -0.388. The predicted octanol–water partition coefficient (Wildman–Crippen LogP) is 3.58. The molecular weight excluding hydrogens is 378 g/mol. The molecule has 0 saturated carbocycles. The van der Waals surface area contributed by atoms with Crippen LogP contribution in [-0.4, -0.2) is 38.6 Å². The maximum Gasteiger partial charge on any atom is 0.260 e. The summed E-state index contributed by atoms with van der Waals surface area (Å²) >= 11 is 0. The van der Waals surface area contributed by atoms with Gasteiger partial charge < -0.3 is 15.0 Å². The number of carbonyl (C=O) groups excluding carboxylic acids is 2. The van der Waals surface area contributed by atoms with E-state index in [4.69, 9.17) is 4.74 Å². The Bertz CT molecular complexity index is 974. The van der Waals surface area contributed by atoms with Crippen molar-refractivity contribution in [3.8, 4) is 0 Å². The molecule has 0 aromatic heterocycles. The number of hydrogen-bond donors (Lipinski definition) is 2. The number of nitrogens with zero attached hydrogens (tertiary/aromatic N) is 1. The van der Waals surface area contributed by atoms with E-state index in [2.05, 4.69) is 27.7 Å². The molecule has 1 saturated heterocycles. The van der Waals surface area contributed by atoms with Gasteiger partial charge in [0.15, 0.2) is 0 Å². The van der Waals surface area contributed by atoms with E-state index in [1.807, 2.05) is 31.2 Å². The number of imide groups is 1. The maximum absolute atomic E-state index is 12.4. The van der Waals surface area contributed by atoms with Crippen LogP contribution < -0.4 is 15.5 Å². The van der Waals surface area contributed by atoms with Crippen LogP contribution >= 0.6 is 0 Å². The van der Waals surface area contributed by atoms with Crippen molar-refractivity contribution < 1.29 is 14.3 Å². The number of methoxy groups -OCH3 is 1. The molecule has 2 aromatic rings. The summed E-state index contributed by atoms with van der Waals surface area (Å²) in [4.78, 5) is 26.9. The first kappa shape index (κ1) is 20.2. The van der Waals surface area contributed by atoms with Gasteiger partial charge in [-0.2, -0.15) is 0 Å². The second kappa shape index (κ2) is 8.71. The predicted molar refractivity (Wildman–Crippen MR) is 119 cm³/mol. The number of nitrogens with one attached hydrogen (secondary N) is 2. The average Bonchev–Trinajstić information content (AvgIpc) is 2.74. The standard InChI is InChI=1S/C24H27N3O3/c1-16-3-8-20-21(13-16)22(24(29)26-23(20)28)14-25-18-4-6-19(7-5-18)27-11-9-17(10-12-27)15-30-2/h3-8,13-14,17,25H,9-12,15H2,1-2H3,(H,26,28,29)/b22-14-. The maximum atomic E-state index is 12.4. The molecule has 0 radical (unpaired) electrons. The van der Waals surface area contributed by atoms with Crippen molar-refractivity contribution in [3.05, 3.63) is 65.4 Å². The smallest absolute Gasteiger partial charge is 0.260 e. The lowest BCUT2D eigenvalue weighted by atomic mass is 9.94. The Morgan fingerprint density at radius 1 is 1.07 bits per heavy atom. The molecule has 2 aromatic carbocycles. The number of aryl methyl sites for hydroxylation is 1. The van der Waals surface area contributed by atoms with Gasteiger partial charge in [-0.05, 0) is 56.0 Å². The lowest BCUT2D eigenvalue weighted by Gasteiger charge is -2.33. The Kier molecular flexibility index (Phi) is 5.86. The molecule has 2 N–H and O–H groups in total. The van der Waals surface area contributed by atoms with Crippen molar-refractivity contribution in [2.75, 3.05) is 37.0 Å². The summed E-state index contributed by atoms with van der Waals surface area (Å²) in [7, 11) is 1.77. The minimum absolute atomic E-state index is 0.356. The van der Waals surface area contributed by atoms with Gasteiger partial charge in [-0.1, -0.05) is 17.7 Å². The van der Waals surface area contributed by atoms with E-state index in [0.717, 1.165) is 43.8 Å². The number of benzene rings is 2. The second-order valence-electron chi connectivity index (χ2n) is 7.97. The molecular formula is C24H27N3O3. The van der Waals surface area contributed by atoms with Crippen molar-refractivity contribution in [2.24, 2.45) is 5.92 Å². The summed E-state index contributed by atoms with van der Waals surface area (Å²) in [5.74, 6) is -0.0919. The molecule has 2 amide bonds. The lowest BCUT2D eigenvalue weighted by molar-refractivity contribution is -0.114. The Balaban J connectivity index is 1.46. The molecule has 0 atom stereocenters. The summed E-state index contributed by atoms with van der Waals surface area (Å²) < 4.78 is 5.28. The van der Waals surface area contributed by atoms with E-state index in [1.165, 1.54) is 5.69 Å². The third-order valence-electron chi connectivity index (χ3n) is 5.81. The van der Waals surface area contributed by atoms with Gasteiger partial charge in [0.25, 0.3) is 11.8 Å². The number of anilines is 2. The third-order valence-corrected chi connectivity index (χ3v) is 5.81. The van der Waals surface area contributed by atoms with Crippen molar-refractivity contribution in [3.63, 3.8) is 0 Å². The summed E-state index contributed by atoms with van der Waals surface area (Å²) in [5, 5.41) is 5.61. The largest absolute Gasteiger partial charge is 0.384 e. The van der Waals surface area contributed by atoms with E-state index in [-0.39, 0.29) is 11.8 Å². The van der Waals surface area contributed by atoms with E-state index in [9.17, 15) is 9.59 Å². The first-order valence-electron chi connectivity index (χ1n) is 10.3. The molecule has 4 rings (SSSR count). The van der Waals surface area contributed by atoms with Crippen LogP contribution in [0.15, 0.2) is 48.7 Å². The van der Waals surface area contributed by atoms with Gasteiger partial charge in [0.1, 0.15) is 0 Å². The topological polar surface area (TPSA) is 70.7 Å². The summed E-state index contributed by atoms with van der Waals surface area (Å²) in [6, 6.07) is 13.7. The molecule has 1 fully saturated rings. The normalized spacial score (nSPS) is 18.3. The highest BCUT2D eigenvalue weighted by atomic mass is 16.5. The summed E-state index contributed by atoms with van der Waals surface area (Å²) in [6.07, 6.45) is 3.96. The van der Waals surface area contributed by atoms with Gasteiger partial charge in [-0.3, -0.25) is 14.9 Å². The van der Waals surface area contributed by atoms with Gasteiger partial charge >= 0.3 is 0 Å². The molecule has 0 aliphatic carbocycles. The number of rotatable bonds is 5. The number of amides is 2. The van der Waals surface area contributed by atoms with Crippen LogP contribution in [-0.2, 0) is 9.53 Å². The van der Waals surface area contributed by atoms with Crippen LogP contribution in [0.4, 0.5) is 11.4 Å². The first-order chi connectivity index (χ1) is 14.5. The molecule has 2 aliphatic rings. The van der Waals surface area contributed by atoms with E-state index in [0.29, 0.717) is 22.6 Å². The second-order valence-corrected chi connectivity index (χ2v) is 7.97. The quantitative estimate of drug-likeness (QED) is 0.588. The molecule has 2 heterocycles. The van der Waals surface area contributed by atoms with E-state index >= 15 is 0 Å². The summed E-state index contributed by atoms with van der Waals surface area (Å²) in [6.45, 7) is 4.86. The Labute approximate surface area is 176 Å². The molecule has 0 bridgehead atoms. The molecule has 0 spiro atoms. The molecule has 6 heteroatoms. The Morgan fingerprint density at radius 2 is 1.80 bits per heavy atom. The zero-order chi connectivity index (χ0) is 21.1. The first-order valence-corrected chi connectivity index (χ1v) is 10.3. The van der Waals surface area contributed by atoms with Crippen molar-refractivity contribution in [2.45, 2.75) is 19.8 Å². The van der Waals surface area contributed by atoms with Crippen molar-refractivity contribution >= 4 is 28.8 Å². The van der Waals surface area contributed by atoms with E-state index < -0.39 is 0 Å². The number of hydrogen-bond acceptors (Lipinski definition) is 5. The van der Waals surface area contributed by atoms with Crippen LogP contribution in [0.25, 0.3) is 5.57 Å². The highest BCUT2D eigenvalue weighted by Gasteiger charge is 2.27. The van der Waals surface area contributed by atoms with Crippen LogP contribution in [0.2, 0.25) is 0 Å². The molecule has 156 valence electrons. The van der Waals surface area contributed by atoms with E-state index in [1.54, 1.807) is 19.4 Å². The number of ether oxygens (including phenoxy) is 1. The van der Waals surface area contributed by atoms with Gasteiger partial charge in [-0.25, -0.2) is 0 Å². The zero-order valence-corrected chi connectivity index (χ0v) is 17.4. The van der Waals surface area contributed by atoms with Crippen LogP contribution in [0, 0.1) is 12.8 Å². The highest BCUT2D eigenvalue weighted by molar-refractivity contribution is 6.31. The zero-order valence-electron chi connectivity index (χ0n) is 17.4. The highest BCUT2D eigenvalue weighted by Crippen LogP contribution is 2.27.